The molecule has 2 amide bonds. The van der Waals surface area contributed by atoms with Crippen LogP contribution in [-0.4, -0.2) is 34.6 Å². The van der Waals surface area contributed by atoms with Crippen molar-refractivity contribution >= 4 is 17.7 Å². The molecule has 7 heteroatoms. The summed E-state index contributed by atoms with van der Waals surface area (Å²) in [4.78, 5) is 24.2. The number of carboxylic acids is 1. The van der Waals surface area contributed by atoms with Crippen LogP contribution in [0.25, 0.3) is 0 Å². The Hall–Kier alpha value is -2.62. The maximum absolute atomic E-state index is 13.4. The molecular formula is C13H12FN3O3. The van der Waals surface area contributed by atoms with E-state index in [4.69, 9.17) is 10.4 Å². The molecule has 0 aromatic heterocycles. The van der Waals surface area contributed by atoms with E-state index in [1.165, 1.54) is 17.0 Å². The summed E-state index contributed by atoms with van der Waals surface area (Å²) < 4.78 is 13.4. The zero-order chi connectivity index (χ0) is 14.7. The van der Waals surface area contributed by atoms with Crippen molar-refractivity contribution in [1.29, 1.82) is 5.26 Å². The molecule has 104 valence electrons. The van der Waals surface area contributed by atoms with Gasteiger partial charge >= 0.3 is 12.0 Å². The van der Waals surface area contributed by atoms with Gasteiger partial charge in [0.05, 0.1) is 5.69 Å². The molecule has 1 atom stereocenters. The molecule has 0 radical (unpaired) electrons. The molecule has 1 heterocycles. The Balaban J connectivity index is 2.19. The van der Waals surface area contributed by atoms with Crippen LogP contribution in [0, 0.1) is 17.1 Å². The Morgan fingerprint density at radius 3 is 2.90 bits per heavy atom. The quantitative estimate of drug-likeness (QED) is 0.861. The van der Waals surface area contributed by atoms with Gasteiger partial charge in [-0.2, -0.15) is 5.26 Å². The fourth-order valence-corrected chi connectivity index (χ4v) is 2.20. The highest BCUT2D eigenvalue weighted by Crippen LogP contribution is 2.22. The van der Waals surface area contributed by atoms with Crippen LogP contribution in [0.15, 0.2) is 18.2 Å². The van der Waals surface area contributed by atoms with Crippen LogP contribution in [0.4, 0.5) is 14.9 Å². The summed E-state index contributed by atoms with van der Waals surface area (Å²) >= 11 is 0. The van der Waals surface area contributed by atoms with Crippen molar-refractivity contribution in [2.45, 2.75) is 18.9 Å². The largest absolute Gasteiger partial charge is 0.480 e. The number of amides is 2. The van der Waals surface area contributed by atoms with Crippen LogP contribution < -0.4 is 5.32 Å². The number of anilines is 1. The Morgan fingerprint density at radius 2 is 2.25 bits per heavy atom. The molecule has 1 aromatic carbocycles. The average molecular weight is 277 g/mol. The van der Waals surface area contributed by atoms with Crippen molar-refractivity contribution in [3.05, 3.63) is 29.6 Å². The highest BCUT2D eigenvalue weighted by molar-refractivity contribution is 5.93. The highest BCUT2D eigenvalue weighted by atomic mass is 19.1. The fourth-order valence-electron chi connectivity index (χ4n) is 2.20. The van der Waals surface area contributed by atoms with Crippen LogP contribution in [0.3, 0.4) is 0 Å². The van der Waals surface area contributed by atoms with E-state index in [1.54, 1.807) is 6.07 Å². The van der Waals surface area contributed by atoms with E-state index in [0.29, 0.717) is 19.4 Å². The monoisotopic (exact) mass is 277 g/mol. The lowest BCUT2D eigenvalue weighted by molar-refractivity contribution is -0.141. The van der Waals surface area contributed by atoms with Crippen molar-refractivity contribution in [2.24, 2.45) is 0 Å². The average Bonchev–Trinajstić information content (AvgIpc) is 2.88. The van der Waals surface area contributed by atoms with Gasteiger partial charge in [0, 0.05) is 6.54 Å². The first-order valence-corrected chi connectivity index (χ1v) is 6.03. The van der Waals surface area contributed by atoms with E-state index in [0.717, 1.165) is 6.07 Å². The first-order valence-electron chi connectivity index (χ1n) is 6.03. The number of likely N-dealkylation sites (tertiary alicyclic amines) is 1. The molecule has 2 N–H and O–H groups in total. The van der Waals surface area contributed by atoms with E-state index in [1.807, 2.05) is 0 Å². The van der Waals surface area contributed by atoms with E-state index in [9.17, 15) is 14.0 Å². The van der Waals surface area contributed by atoms with Gasteiger partial charge < -0.3 is 15.3 Å². The number of carbonyl (C=O) groups excluding carboxylic acids is 1. The van der Waals surface area contributed by atoms with E-state index in [-0.39, 0.29) is 11.3 Å². The van der Waals surface area contributed by atoms with Gasteiger partial charge in [-0.25, -0.2) is 14.0 Å². The Morgan fingerprint density at radius 1 is 1.50 bits per heavy atom. The predicted molar refractivity (Wildman–Crippen MR) is 67.5 cm³/mol. The number of hydrogen-bond acceptors (Lipinski definition) is 3. The van der Waals surface area contributed by atoms with E-state index < -0.39 is 23.9 Å². The zero-order valence-electron chi connectivity index (χ0n) is 10.5. The third kappa shape index (κ3) is 2.54. The van der Waals surface area contributed by atoms with Crippen molar-refractivity contribution in [1.82, 2.24) is 4.90 Å². The summed E-state index contributed by atoms with van der Waals surface area (Å²) in [6.45, 7) is 0.319. The van der Waals surface area contributed by atoms with Crippen molar-refractivity contribution < 1.29 is 19.1 Å². The molecule has 0 spiro atoms. The summed E-state index contributed by atoms with van der Waals surface area (Å²) in [5.74, 6) is -1.81. The number of halogens is 1. The van der Waals surface area contributed by atoms with Crippen LogP contribution in [0.2, 0.25) is 0 Å². The molecule has 1 aliphatic heterocycles. The Bertz CT molecular complexity index is 597. The number of aliphatic carboxylic acids is 1. The second-order valence-corrected chi connectivity index (χ2v) is 4.39. The summed E-state index contributed by atoms with van der Waals surface area (Å²) in [7, 11) is 0. The highest BCUT2D eigenvalue weighted by Gasteiger charge is 2.34. The number of carboxylic acid groups (broad SMARTS) is 1. The standard InChI is InChI=1S/C13H12FN3O3/c14-9-3-1-4-10(8(9)7-15)16-13(20)17-6-2-5-11(17)12(18)19/h1,3-4,11H,2,5-6H2,(H,16,20)(H,18,19). The molecule has 20 heavy (non-hydrogen) atoms. The van der Waals surface area contributed by atoms with Gasteiger partial charge in [-0.15, -0.1) is 0 Å². The predicted octanol–water partition coefficient (Wildman–Crippen LogP) is 1.78. The fraction of sp³-hybridized carbons (Fsp3) is 0.308. The van der Waals surface area contributed by atoms with Crippen molar-refractivity contribution in [2.75, 3.05) is 11.9 Å². The first kappa shape index (κ1) is 13.8. The molecule has 2 rings (SSSR count). The number of carbonyl (C=O) groups is 2. The molecule has 1 saturated heterocycles. The molecular weight excluding hydrogens is 265 g/mol. The maximum atomic E-state index is 13.4. The molecule has 6 nitrogen and oxygen atoms in total. The minimum atomic E-state index is -1.07. The molecule has 1 unspecified atom stereocenters. The molecule has 0 saturated carbocycles. The third-order valence-electron chi connectivity index (χ3n) is 3.17. The SMILES string of the molecule is N#Cc1c(F)cccc1NC(=O)N1CCCC1C(=O)O. The number of nitrogens with one attached hydrogen (secondary N) is 1. The Labute approximate surface area is 114 Å². The van der Waals surface area contributed by atoms with Gasteiger partial charge in [-0.3, -0.25) is 0 Å². The molecule has 1 fully saturated rings. The number of rotatable bonds is 2. The number of benzene rings is 1. The first-order chi connectivity index (χ1) is 9.54. The van der Waals surface area contributed by atoms with Crippen LogP contribution in [0.1, 0.15) is 18.4 Å². The second kappa shape index (κ2) is 5.57. The number of hydrogen-bond donors (Lipinski definition) is 2. The Kier molecular flexibility index (Phi) is 3.84. The van der Waals surface area contributed by atoms with Gasteiger partial charge in [0.15, 0.2) is 0 Å². The number of nitrogens with zero attached hydrogens (tertiary/aromatic N) is 2. The van der Waals surface area contributed by atoms with Gasteiger partial charge in [0.2, 0.25) is 0 Å². The molecule has 0 bridgehead atoms. The van der Waals surface area contributed by atoms with Crippen LogP contribution >= 0.6 is 0 Å². The lowest BCUT2D eigenvalue weighted by Crippen LogP contribution is -2.42. The summed E-state index contributed by atoms with van der Waals surface area (Å²) in [6, 6.07) is 4.02. The zero-order valence-corrected chi connectivity index (χ0v) is 10.5. The molecule has 1 aliphatic rings. The second-order valence-electron chi connectivity index (χ2n) is 4.39. The summed E-state index contributed by atoms with van der Waals surface area (Å²) in [6.07, 6.45) is 0.982. The third-order valence-corrected chi connectivity index (χ3v) is 3.17. The van der Waals surface area contributed by atoms with Gasteiger partial charge in [0.25, 0.3) is 0 Å². The van der Waals surface area contributed by atoms with Gasteiger partial charge in [0.1, 0.15) is 23.5 Å². The smallest absolute Gasteiger partial charge is 0.326 e. The minimum Gasteiger partial charge on any atom is -0.480 e. The maximum Gasteiger partial charge on any atom is 0.326 e. The van der Waals surface area contributed by atoms with Crippen LogP contribution in [0.5, 0.6) is 0 Å². The van der Waals surface area contributed by atoms with E-state index in [2.05, 4.69) is 5.32 Å². The minimum absolute atomic E-state index is 0.0357. The summed E-state index contributed by atoms with van der Waals surface area (Å²) in [5, 5.41) is 20.3. The normalized spacial score (nSPS) is 17.6. The lowest BCUT2D eigenvalue weighted by Gasteiger charge is -2.22. The number of urea groups is 1. The van der Waals surface area contributed by atoms with Crippen molar-refractivity contribution in [3.63, 3.8) is 0 Å². The van der Waals surface area contributed by atoms with Crippen molar-refractivity contribution in [3.8, 4) is 6.07 Å². The van der Waals surface area contributed by atoms with E-state index >= 15 is 0 Å². The van der Waals surface area contributed by atoms with Gasteiger partial charge in [-0.1, -0.05) is 6.07 Å². The topological polar surface area (TPSA) is 93.4 Å². The summed E-state index contributed by atoms with van der Waals surface area (Å²) in [5.41, 5.74) is -0.236. The van der Waals surface area contributed by atoms with Gasteiger partial charge in [-0.05, 0) is 25.0 Å². The molecule has 1 aromatic rings. The van der Waals surface area contributed by atoms with Crippen LogP contribution in [-0.2, 0) is 4.79 Å². The molecule has 0 aliphatic carbocycles. The lowest BCUT2D eigenvalue weighted by atomic mass is 10.2. The number of nitriles is 1.